The van der Waals surface area contributed by atoms with Crippen LogP contribution in [0.3, 0.4) is 0 Å². The number of benzene rings is 1. The van der Waals surface area contributed by atoms with Gasteiger partial charge in [0.2, 0.25) is 0 Å². The van der Waals surface area contributed by atoms with Crippen molar-refractivity contribution in [3.8, 4) is 0 Å². The summed E-state index contributed by atoms with van der Waals surface area (Å²) in [4.78, 5) is 1.99. The molecule has 0 amide bonds. The number of nitrogens with zero attached hydrogens (tertiary/aromatic N) is 1. The summed E-state index contributed by atoms with van der Waals surface area (Å²) in [5.74, 6) is 0. The van der Waals surface area contributed by atoms with Crippen molar-refractivity contribution < 1.29 is 4.74 Å². The highest BCUT2D eigenvalue weighted by Crippen LogP contribution is 2.12. The lowest BCUT2D eigenvalue weighted by Gasteiger charge is -2.21. The molecule has 0 aromatic heterocycles. The van der Waals surface area contributed by atoms with Crippen LogP contribution in [0.25, 0.3) is 0 Å². The van der Waals surface area contributed by atoms with Crippen molar-refractivity contribution in [1.29, 1.82) is 0 Å². The lowest BCUT2D eigenvalue weighted by atomic mass is 10.2. The molecular formula is C13H19ClN2OS. The van der Waals surface area contributed by atoms with Crippen LogP contribution in [0.2, 0.25) is 5.02 Å². The number of nitrogens with one attached hydrogen (secondary N) is 1. The summed E-state index contributed by atoms with van der Waals surface area (Å²) in [5.41, 5.74) is 1.14. The third kappa shape index (κ3) is 5.67. The molecular weight excluding hydrogens is 268 g/mol. The van der Waals surface area contributed by atoms with Crippen molar-refractivity contribution in [1.82, 2.24) is 10.2 Å². The molecule has 18 heavy (non-hydrogen) atoms. The number of ether oxygens (including phenoxy) is 1. The van der Waals surface area contributed by atoms with Gasteiger partial charge in [0.1, 0.15) is 0 Å². The van der Waals surface area contributed by atoms with E-state index in [-0.39, 0.29) is 0 Å². The van der Waals surface area contributed by atoms with E-state index in [1.807, 2.05) is 36.2 Å². The molecule has 0 atom stereocenters. The van der Waals surface area contributed by atoms with Gasteiger partial charge in [0.15, 0.2) is 5.11 Å². The van der Waals surface area contributed by atoms with Gasteiger partial charge in [-0.2, -0.15) is 0 Å². The maximum Gasteiger partial charge on any atom is 0.168 e. The minimum atomic E-state index is 0.742. The SMILES string of the molecule is COCCCNC(=S)N(C)Cc1cccc(Cl)c1. The predicted molar refractivity (Wildman–Crippen MR) is 80.0 cm³/mol. The summed E-state index contributed by atoms with van der Waals surface area (Å²) < 4.78 is 4.98. The molecule has 1 N–H and O–H groups in total. The van der Waals surface area contributed by atoms with Gasteiger partial charge in [-0.25, -0.2) is 0 Å². The molecule has 1 rings (SSSR count). The van der Waals surface area contributed by atoms with Crippen LogP contribution in [-0.4, -0.2) is 37.3 Å². The van der Waals surface area contributed by atoms with Crippen molar-refractivity contribution in [2.75, 3.05) is 27.3 Å². The number of hydrogen-bond acceptors (Lipinski definition) is 2. The van der Waals surface area contributed by atoms with E-state index < -0.39 is 0 Å². The summed E-state index contributed by atoms with van der Waals surface area (Å²) in [6.45, 7) is 2.32. The molecule has 0 aliphatic carbocycles. The van der Waals surface area contributed by atoms with Crippen molar-refractivity contribution in [3.05, 3.63) is 34.9 Å². The number of methoxy groups -OCH3 is 1. The van der Waals surface area contributed by atoms with E-state index >= 15 is 0 Å². The average Bonchev–Trinajstić information content (AvgIpc) is 2.34. The summed E-state index contributed by atoms with van der Waals surface area (Å²) >= 11 is 11.2. The summed E-state index contributed by atoms with van der Waals surface area (Å²) in [6, 6.07) is 7.80. The standard InChI is InChI=1S/C13H19ClN2OS/c1-16(13(18)15-7-4-8-17-2)10-11-5-3-6-12(14)9-11/h3,5-6,9H,4,7-8,10H2,1-2H3,(H,15,18). The molecule has 0 spiro atoms. The molecule has 0 fully saturated rings. The Morgan fingerprint density at radius 2 is 2.28 bits per heavy atom. The molecule has 0 unspecified atom stereocenters. The topological polar surface area (TPSA) is 24.5 Å². The van der Waals surface area contributed by atoms with Crippen LogP contribution < -0.4 is 5.32 Å². The van der Waals surface area contributed by atoms with Gasteiger partial charge in [0, 0.05) is 38.9 Å². The number of hydrogen-bond donors (Lipinski definition) is 1. The highest BCUT2D eigenvalue weighted by molar-refractivity contribution is 7.80. The Morgan fingerprint density at radius 1 is 1.50 bits per heavy atom. The molecule has 1 aromatic rings. The molecule has 1 aromatic carbocycles. The first-order chi connectivity index (χ1) is 8.63. The highest BCUT2D eigenvalue weighted by atomic mass is 35.5. The van der Waals surface area contributed by atoms with Crippen LogP contribution in [0.1, 0.15) is 12.0 Å². The van der Waals surface area contributed by atoms with Crippen LogP contribution in [0, 0.1) is 0 Å². The second-order valence-corrected chi connectivity index (χ2v) is 4.89. The first-order valence-corrected chi connectivity index (χ1v) is 6.64. The zero-order valence-corrected chi connectivity index (χ0v) is 12.4. The lowest BCUT2D eigenvalue weighted by Crippen LogP contribution is -2.37. The second-order valence-electron chi connectivity index (χ2n) is 4.06. The third-order valence-corrected chi connectivity index (χ3v) is 3.15. The summed E-state index contributed by atoms with van der Waals surface area (Å²) in [6.07, 6.45) is 0.946. The maximum absolute atomic E-state index is 5.95. The van der Waals surface area contributed by atoms with E-state index in [4.69, 9.17) is 28.6 Å². The van der Waals surface area contributed by atoms with Crippen molar-refractivity contribution in [2.24, 2.45) is 0 Å². The van der Waals surface area contributed by atoms with Gasteiger partial charge < -0.3 is 15.0 Å². The Balaban J connectivity index is 2.35. The Labute approximate surface area is 119 Å². The van der Waals surface area contributed by atoms with E-state index in [1.54, 1.807) is 7.11 Å². The fraction of sp³-hybridized carbons (Fsp3) is 0.462. The van der Waals surface area contributed by atoms with Gasteiger partial charge in [-0.1, -0.05) is 23.7 Å². The Morgan fingerprint density at radius 3 is 2.94 bits per heavy atom. The second kappa shape index (κ2) is 8.29. The van der Waals surface area contributed by atoms with Crippen LogP contribution in [-0.2, 0) is 11.3 Å². The molecule has 3 nitrogen and oxygen atoms in total. The minimum absolute atomic E-state index is 0.742. The first kappa shape index (κ1) is 15.2. The van der Waals surface area contributed by atoms with Gasteiger partial charge in [0.05, 0.1) is 0 Å². The van der Waals surface area contributed by atoms with Gasteiger partial charge in [-0.15, -0.1) is 0 Å². The monoisotopic (exact) mass is 286 g/mol. The quantitative estimate of drug-likeness (QED) is 0.642. The fourth-order valence-corrected chi connectivity index (χ4v) is 1.91. The molecule has 0 aliphatic rings. The van der Waals surface area contributed by atoms with Crippen molar-refractivity contribution in [3.63, 3.8) is 0 Å². The minimum Gasteiger partial charge on any atom is -0.385 e. The molecule has 100 valence electrons. The Hall–Kier alpha value is -0.840. The van der Waals surface area contributed by atoms with E-state index in [0.29, 0.717) is 0 Å². The van der Waals surface area contributed by atoms with Crippen molar-refractivity contribution in [2.45, 2.75) is 13.0 Å². The van der Waals surface area contributed by atoms with E-state index in [0.717, 1.165) is 41.8 Å². The Kier molecular flexibility index (Phi) is 7.01. The van der Waals surface area contributed by atoms with Crippen LogP contribution in [0.4, 0.5) is 0 Å². The smallest absolute Gasteiger partial charge is 0.168 e. The molecule has 0 bridgehead atoms. The first-order valence-electron chi connectivity index (χ1n) is 5.86. The van der Waals surface area contributed by atoms with Gasteiger partial charge in [0.25, 0.3) is 0 Å². The molecule has 0 radical (unpaired) electrons. The molecule has 0 saturated carbocycles. The van der Waals surface area contributed by atoms with Crippen molar-refractivity contribution >= 4 is 28.9 Å². The fourth-order valence-electron chi connectivity index (χ4n) is 1.53. The van der Waals surface area contributed by atoms with Gasteiger partial charge in [-0.3, -0.25) is 0 Å². The average molecular weight is 287 g/mol. The van der Waals surface area contributed by atoms with E-state index in [9.17, 15) is 0 Å². The predicted octanol–water partition coefficient (Wildman–Crippen LogP) is 2.68. The highest BCUT2D eigenvalue weighted by Gasteiger charge is 2.04. The summed E-state index contributed by atoms with van der Waals surface area (Å²) in [5, 5.41) is 4.69. The number of thiocarbonyl (C=S) groups is 1. The normalized spacial score (nSPS) is 10.2. The summed E-state index contributed by atoms with van der Waals surface area (Å²) in [7, 11) is 3.66. The molecule has 0 aliphatic heterocycles. The van der Waals surface area contributed by atoms with Crippen LogP contribution >= 0.6 is 23.8 Å². The zero-order chi connectivity index (χ0) is 13.4. The molecule has 0 saturated heterocycles. The van der Waals surface area contributed by atoms with Crippen LogP contribution in [0.15, 0.2) is 24.3 Å². The van der Waals surface area contributed by atoms with Crippen LogP contribution in [0.5, 0.6) is 0 Å². The van der Waals surface area contributed by atoms with Gasteiger partial charge in [-0.05, 0) is 36.3 Å². The lowest BCUT2D eigenvalue weighted by molar-refractivity contribution is 0.195. The number of halogens is 1. The van der Waals surface area contributed by atoms with E-state index in [1.165, 1.54) is 0 Å². The molecule has 0 heterocycles. The largest absolute Gasteiger partial charge is 0.385 e. The zero-order valence-electron chi connectivity index (χ0n) is 10.8. The Bertz CT molecular complexity index is 387. The third-order valence-electron chi connectivity index (χ3n) is 2.46. The number of rotatable bonds is 6. The molecule has 5 heteroatoms. The maximum atomic E-state index is 5.95. The van der Waals surface area contributed by atoms with Gasteiger partial charge >= 0.3 is 0 Å². The van der Waals surface area contributed by atoms with E-state index in [2.05, 4.69) is 5.32 Å².